The fourth-order valence-corrected chi connectivity index (χ4v) is 2.41. The van der Waals surface area contributed by atoms with Crippen molar-refractivity contribution in [3.05, 3.63) is 34.9 Å². The first-order valence-electron chi connectivity index (χ1n) is 6.77. The van der Waals surface area contributed by atoms with Crippen molar-refractivity contribution in [1.82, 2.24) is 0 Å². The molecule has 0 aliphatic carbocycles. The molecule has 0 saturated carbocycles. The Balaban J connectivity index is 2.79. The van der Waals surface area contributed by atoms with E-state index in [9.17, 15) is 4.79 Å². The average Bonchev–Trinajstić information content (AvgIpc) is 2.39. The minimum Gasteiger partial charge on any atom is -0.468 e. The summed E-state index contributed by atoms with van der Waals surface area (Å²) in [5, 5.41) is 0. The lowest BCUT2D eigenvalue weighted by atomic mass is 9.82. The first-order chi connectivity index (χ1) is 8.86. The van der Waals surface area contributed by atoms with E-state index in [0.29, 0.717) is 18.3 Å². The van der Waals surface area contributed by atoms with E-state index < -0.39 is 6.04 Å². The zero-order valence-corrected chi connectivity index (χ0v) is 12.6. The standard InChI is InChI=1S/C16H25NO2/c1-10-6-7-11(2)14(8-10)13(4)12(3)9-15(17)16(18)19-5/h6-8,12-13,15H,9,17H2,1-5H3. The second-order valence-corrected chi connectivity index (χ2v) is 5.49. The van der Waals surface area contributed by atoms with E-state index in [-0.39, 0.29) is 5.97 Å². The molecule has 0 bridgehead atoms. The molecule has 0 amide bonds. The van der Waals surface area contributed by atoms with Gasteiger partial charge in [0.15, 0.2) is 0 Å². The van der Waals surface area contributed by atoms with Gasteiger partial charge < -0.3 is 10.5 Å². The normalized spacial score (nSPS) is 15.7. The molecule has 0 aliphatic rings. The summed E-state index contributed by atoms with van der Waals surface area (Å²) in [5.41, 5.74) is 9.73. The molecule has 0 aromatic heterocycles. The molecule has 3 heteroatoms. The molecule has 3 nitrogen and oxygen atoms in total. The molecule has 0 spiro atoms. The summed E-state index contributed by atoms with van der Waals surface area (Å²) in [4.78, 5) is 11.4. The Kier molecular flexibility index (Phi) is 5.55. The number of esters is 1. The third kappa shape index (κ3) is 4.06. The van der Waals surface area contributed by atoms with Gasteiger partial charge in [0.1, 0.15) is 6.04 Å². The van der Waals surface area contributed by atoms with Crippen LogP contribution in [0.1, 0.15) is 42.9 Å². The predicted molar refractivity (Wildman–Crippen MR) is 78.1 cm³/mol. The Labute approximate surface area is 116 Å². The topological polar surface area (TPSA) is 52.3 Å². The third-order valence-electron chi connectivity index (χ3n) is 3.91. The second kappa shape index (κ2) is 6.71. The first-order valence-corrected chi connectivity index (χ1v) is 6.77. The number of carbonyl (C=O) groups is 1. The zero-order valence-electron chi connectivity index (χ0n) is 12.6. The van der Waals surface area contributed by atoms with Crippen LogP contribution < -0.4 is 5.73 Å². The largest absolute Gasteiger partial charge is 0.468 e. The molecule has 106 valence electrons. The maximum atomic E-state index is 11.4. The van der Waals surface area contributed by atoms with E-state index in [2.05, 4.69) is 50.6 Å². The molecular formula is C16H25NO2. The van der Waals surface area contributed by atoms with Gasteiger partial charge in [0.2, 0.25) is 0 Å². The van der Waals surface area contributed by atoms with Crippen LogP contribution in [0.3, 0.4) is 0 Å². The van der Waals surface area contributed by atoms with Gasteiger partial charge in [-0.1, -0.05) is 37.6 Å². The Morgan fingerprint density at radius 1 is 1.32 bits per heavy atom. The van der Waals surface area contributed by atoms with Crippen LogP contribution in [0.25, 0.3) is 0 Å². The number of methoxy groups -OCH3 is 1. The fraction of sp³-hybridized carbons (Fsp3) is 0.562. The summed E-state index contributed by atoms with van der Waals surface area (Å²) < 4.78 is 4.68. The number of ether oxygens (including phenoxy) is 1. The van der Waals surface area contributed by atoms with Crippen LogP contribution in [0.4, 0.5) is 0 Å². The number of carbonyl (C=O) groups excluding carboxylic acids is 1. The van der Waals surface area contributed by atoms with Crippen LogP contribution in [0.5, 0.6) is 0 Å². The fourth-order valence-electron chi connectivity index (χ4n) is 2.41. The lowest BCUT2D eigenvalue weighted by Gasteiger charge is -2.24. The van der Waals surface area contributed by atoms with E-state index >= 15 is 0 Å². The number of rotatable bonds is 5. The zero-order chi connectivity index (χ0) is 14.6. The molecule has 0 heterocycles. The van der Waals surface area contributed by atoms with Crippen molar-refractivity contribution in [3.63, 3.8) is 0 Å². The second-order valence-electron chi connectivity index (χ2n) is 5.49. The summed E-state index contributed by atoms with van der Waals surface area (Å²) in [7, 11) is 1.38. The summed E-state index contributed by atoms with van der Waals surface area (Å²) in [6.45, 7) is 8.55. The lowest BCUT2D eigenvalue weighted by molar-refractivity contribution is -0.142. The first kappa shape index (κ1) is 15.7. The number of nitrogens with two attached hydrogens (primary N) is 1. The van der Waals surface area contributed by atoms with Gasteiger partial charge in [-0.15, -0.1) is 0 Å². The SMILES string of the molecule is COC(=O)C(N)CC(C)C(C)c1cc(C)ccc1C. The molecule has 1 aromatic carbocycles. The van der Waals surface area contributed by atoms with Gasteiger partial charge in [0, 0.05) is 0 Å². The molecule has 1 rings (SSSR count). The van der Waals surface area contributed by atoms with Crippen molar-refractivity contribution in [2.75, 3.05) is 7.11 Å². The number of hydrogen-bond acceptors (Lipinski definition) is 3. The molecule has 0 radical (unpaired) electrons. The Hall–Kier alpha value is -1.35. The summed E-state index contributed by atoms with van der Waals surface area (Å²) in [5.74, 6) is 0.366. The minimum atomic E-state index is -0.535. The summed E-state index contributed by atoms with van der Waals surface area (Å²) in [6.07, 6.45) is 0.640. The van der Waals surface area contributed by atoms with Crippen LogP contribution >= 0.6 is 0 Å². The van der Waals surface area contributed by atoms with E-state index in [0.717, 1.165) is 0 Å². The number of benzene rings is 1. The number of aryl methyl sites for hydroxylation is 2. The average molecular weight is 263 g/mol. The lowest BCUT2D eigenvalue weighted by Crippen LogP contribution is -2.34. The molecule has 2 N–H and O–H groups in total. The van der Waals surface area contributed by atoms with Gasteiger partial charge in [0.05, 0.1) is 7.11 Å². The van der Waals surface area contributed by atoms with Gasteiger partial charge in [-0.3, -0.25) is 4.79 Å². The third-order valence-corrected chi connectivity index (χ3v) is 3.91. The van der Waals surface area contributed by atoms with Gasteiger partial charge >= 0.3 is 5.97 Å². The van der Waals surface area contributed by atoms with E-state index in [1.54, 1.807) is 0 Å². The molecular weight excluding hydrogens is 238 g/mol. The van der Waals surface area contributed by atoms with Gasteiger partial charge in [-0.2, -0.15) is 0 Å². The Bertz CT molecular complexity index is 442. The molecule has 3 unspecified atom stereocenters. The minimum absolute atomic E-state index is 0.328. The monoisotopic (exact) mass is 263 g/mol. The molecule has 3 atom stereocenters. The van der Waals surface area contributed by atoms with Gasteiger partial charge in [0.25, 0.3) is 0 Å². The highest BCUT2D eigenvalue weighted by Crippen LogP contribution is 2.30. The van der Waals surface area contributed by atoms with Crippen molar-refractivity contribution in [2.45, 2.75) is 46.1 Å². The van der Waals surface area contributed by atoms with Crippen molar-refractivity contribution < 1.29 is 9.53 Å². The van der Waals surface area contributed by atoms with Gasteiger partial charge in [-0.05, 0) is 43.2 Å². The van der Waals surface area contributed by atoms with E-state index in [1.807, 2.05) is 0 Å². The maximum Gasteiger partial charge on any atom is 0.322 e. The van der Waals surface area contributed by atoms with Gasteiger partial charge in [-0.25, -0.2) is 0 Å². The van der Waals surface area contributed by atoms with Crippen LogP contribution in [0.2, 0.25) is 0 Å². The van der Waals surface area contributed by atoms with Crippen LogP contribution in [-0.4, -0.2) is 19.1 Å². The highest BCUT2D eigenvalue weighted by atomic mass is 16.5. The van der Waals surface area contributed by atoms with Crippen molar-refractivity contribution >= 4 is 5.97 Å². The summed E-state index contributed by atoms with van der Waals surface area (Å²) in [6, 6.07) is 5.96. The maximum absolute atomic E-state index is 11.4. The van der Waals surface area contributed by atoms with Crippen molar-refractivity contribution in [3.8, 4) is 0 Å². The van der Waals surface area contributed by atoms with E-state index in [1.165, 1.54) is 23.8 Å². The van der Waals surface area contributed by atoms with Crippen LogP contribution in [-0.2, 0) is 9.53 Å². The van der Waals surface area contributed by atoms with Crippen LogP contribution in [0.15, 0.2) is 18.2 Å². The van der Waals surface area contributed by atoms with Crippen molar-refractivity contribution in [1.29, 1.82) is 0 Å². The quantitative estimate of drug-likeness (QED) is 0.831. The molecule has 0 aliphatic heterocycles. The predicted octanol–water partition coefficient (Wildman–Crippen LogP) is 2.93. The molecule has 0 saturated heterocycles. The van der Waals surface area contributed by atoms with Crippen LogP contribution in [0, 0.1) is 19.8 Å². The van der Waals surface area contributed by atoms with E-state index in [4.69, 9.17) is 5.73 Å². The Morgan fingerprint density at radius 2 is 1.95 bits per heavy atom. The molecule has 19 heavy (non-hydrogen) atoms. The van der Waals surface area contributed by atoms with Crippen molar-refractivity contribution in [2.24, 2.45) is 11.7 Å². The molecule has 1 aromatic rings. The molecule has 0 fully saturated rings. The smallest absolute Gasteiger partial charge is 0.322 e. The summed E-state index contributed by atoms with van der Waals surface area (Å²) >= 11 is 0. The highest BCUT2D eigenvalue weighted by molar-refractivity contribution is 5.75. The number of hydrogen-bond donors (Lipinski definition) is 1. The highest BCUT2D eigenvalue weighted by Gasteiger charge is 2.22. The Morgan fingerprint density at radius 3 is 2.53 bits per heavy atom.